The largest absolute Gasteiger partial charge is 0.493 e. The van der Waals surface area contributed by atoms with Crippen molar-refractivity contribution in [3.63, 3.8) is 0 Å². The van der Waals surface area contributed by atoms with Gasteiger partial charge < -0.3 is 14.8 Å². The Morgan fingerprint density at radius 3 is 2.51 bits per heavy atom. The second kappa shape index (κ2) is 11.4. The molecule has 1 fully saturated rings. The number of ether oxygens (including phenoxy) is 2. The predicted molar refractivity (Wildman–Crippen MR) is 154 cm³/mol. The fourth-order valence-electron chi connectivity index (χ4n) is 4.26. The molecule has 0 atom stereocenters. The van der Waals surface area contributed by atoms with Crippen LogP contribution in [0.1, 0.15) is 16.7 Å². The SMILES string of the molecule is COc1cc(/C=C2/SC(=O)N(Cc3cccc4ccccc34)C2=O)ccc1OCC(=O)Nc1ccc(C)cc1. The van der Waals surface area contributed by atoms with Crippen LogP contribution in [0.25, 0.3) is 16.8 Å². The summed E-state index contributed by atoms with van der Waals surface area (Å²) in [6.07, 6.45) is 1.66. The van der Waals surface area contributed by atoms with Gasteiger partial charge in [-0.25, -0.2) is 0 Å². The Balaban J connectivity index is 1.26. The first-order chi connectivity index (χ1) is 18.9. The molecular formula is C31H26N2O5S. The van der Waals surface area contributed by atoms with Gasteiger partial charge in [-0.05, 0) is 70.9 Å². The number of nitrogens with one attached hydrogen (secondary N) is 1. The zero-order valence-electron chi connectivity index (χ0n) is 21.5. The summed E-state index contributed by atoms with van der Waals surface area (Å²) >= 11 is 0.908. The Morgan fingerprint density at radius 2 is 1.72 bits per heavy atom. The highest BCUT2D eigenvalue weighted by molar-refractivity contribution is 8.18. The maximum atomic E-state index is 13.1. The zero-order chi connectivity index (χ0) is 27.4. The van der Waals surface area contributed by atoms with Crippen LogP contribution in [0.4, 0.5) is 10.5 Å². The highest BCUT2D eigenvalue weighted by Gasteiger charge is 2.35. The molecule has 1 aliphatic heterocycles. The molecule has 0 radical (unpaired) electrons. The number of rotatable bonds is 8. The second-order valence-electron chi connectivity index (χ2n) is 9.02. The molecule has 1 N–H and O–H groups in total. The van der Waals surface area contributed by atoms with Gasteiger partial charge in [-0.2, -0.15) is 0 Å². The normalized spacial score (nSPS) is 14.2. The summed E-state index contributed by atoms with van der Waals surface area (Å²) in [5, 5.41) is 4.54. The van der Waals surface area contributed by atoms with E-state index in [9.17, 15) is 14.4 Å². The van der Waals surface area contributed by atoms with Crippen molar-refractivity contribution in [3.05, 3.63) is 107 Å². The Morgan fingerprint density at radius 1 is 0.949 bits per heavy atom. The van der Waals surface area contributed by atoms with E-state index in [1.807, 2.05) is 73.7 Å². The molecule has 1 aliphatic rings. The molecule has 1 saturated heterocycles. The van der Waals surface area contributed by atoms with Crippen LogP contribution in [0.2, 0.25) is 0 Å². The Hall–Kier alpha value is -4.56. The lowest BCUT2D eigenvalue weighted by Crippen LogP contribution is -2.27. The van der Waals surface area contributed by atoms with Gasteiger partial charge in [-0.1, -0.05) is 66.2 Å². The number of carbonyl (C=O) groups is 3. The molecule has 4 aromatic rings. The standard InChI is InChI=1S/C31H26N2O5S/c1-20-10-13-24(14-11-20)32-29(34)19-38-26-15-12-21(16-27(26)37-2)17-28-30(35)33(31(36)39-28)18-23-8-5-7-22-6-3-4-9-25(22)23/h3-17H,18-19H2,1-2H3,(H,32,34)/b28-17+. The van der Waals surface area contributed by atoms with Crippen molar-refractivity contribution in [2.45, 2.75) is 13.5 Å². The van der Waals surface area contributed by atoms with E-state index in [0.29, 0.717) is 27.7 Å². The number of thioether (sulfide) groups is 1. The third-order valence-electron chi connectivity index (χ3n) is 6.26. The maximum Gasteiger partial charge on any atom is 0.293 e. The number of imide groups is 1. The molecule has 0 unspecified atom stereocenters. The van der Waals surface area contributed by atoms with Crippen LogP contribution in [0.5, 0.6) is 11.5 Å². The molecule has 0 bridgehead atoms. The first-order valence-electron chi connectivity index (χ1n) is 12.3. The molecular weight excluding hydrogens is 512 g/mol. The fraction of sp³-hybridized carbons (Fsp3) is 0.129. The van der Waals surface area contributed by atoms with Crippen LogP contribution in [-0.2, 0) is 16.1 Å². The third-order valence-corrected chi connectivity index (χ3v) is 7.17. The van der Waals surface area contributed by atoms with Gasteiger partial charge in [0, 0.05) is 5.69 Å². The number of nitrogens with zero attached hydrogens (tertiary/aromatic N) is 1. The van der Waals surface area contributed by atoms with E-state index in [4.69, 9.17) is 9.47 Å². The predicted octanol–water partition coefficient (Wildman–Crippen LogP) is 6.41. The fourth-order valence-corrected chi connectivity index (χ4v) is 5.10. The van der Waals surface area contributed by atoms with Crippen LogP contribution < -0.4 is 14.8 Å². The van der Waals surface area contributed by atoms with Gasteiger partial charge in [-0.15, -0.1) is 0 Å². The van der Waals surface area contributed by atoms with Crippen LogP contribution in [0.15, 0.2) is 89.8 Å². The molecule has 196 valence electrons. The molecule has 39 heavy (non-hydrogen) atoms. The number of hydrogen-bond donors (Lipinski definition) is 1. The van der Waals surface area contributed by atoms with Crippen molar-refractivity contribution in [2.75, 3.05) is 19.0 Å². The number of aryl methyl sites for hydroxylation is 1. The van der Waals surface area contributed by atoms with Crippen molar-refractivity contribution in [1.29, 1.82) is 0 Å². The highest BCUT2D eigenvalue weighted by atomic mass is 32.2. The van der Waals surface area contributed by atoms with E-state index in [1.165, 1.54) is 12.0 Å². The Kier molecular flexibility index (Phi) is 7.65. The van der Waals surface area contributed by atoms with Crippen molar-refractivity contribution in [2.24, 2.45) is 0 Å². The van der Waals surface area contributed by atoms with Gasteiger partial charge in [0.25, 0.3) is 17.1 Å². The minimum Gasteiger partial charge on any atom is -0.493 e. The van der Waals surface area contributed by atoms with Crippen LogP contribution in [0.3, 0.4) is 0 Å². The van der Waals surface area contributed by atoms with Gasteiger partial charge in [0.2, 0.25) is 0 Å². The third kappa shape index (κ3) is 5.97. The maximum absolute atomic E-state index is 13.1. The topological polar surface area (TPSA) is 84.9 Å². The summed E-state index contributed by atoms with van der Waals surface area (Å²) in [6.45, 7) is 1.98. The summed E-state index contributed by atoms with van der Waals surface area (Å²) < 4.78 is 11.1. The lowest BCUT2D eigenvalue weighted by Gasteiger charge is -2.14. The second-order valence-corrected chi connectivity index (χ2v) is 10.0. The summed E-state index contributed by atoms with van der Waals surface area (Å²) in [6, 6.07) is 26.3. The van der Waals surface area contributed by atoms with E-state index in [1.54, 1.807) is 24.3 Å². The van der Waals surface area contributed by atoms with E-state index in [0.717, 1.165) is 33.7 Å². The number of methoxy groups -OCH3 is 1. The van der Waals surface area contributed by atoms with Gasteiger partial charge >= 0.3 is 0 Å². The molecule has 5 rings (SSSR count). The Labute approximate surface area is 230 Å². The zero-order valence-corrected chi connectivity index (χ0v) is 22.3. The van der Waals surface area contributed by atoms with E-state index >= 15 is 0 Å². The summed E-state index contributed by atoms with van der Waals surface area (Å²) in [5.41, 5.74) is 3.36. The van der Waals surface area contributed by atoms with Gasteiger partial charge in [-0.3, -0.25) is 19.3 Å². The molecule has 3 amide bonds. The molecule has 4 aromatic carbocycles. The van der Waals surface area contributed by atoms with Crippen molar-refractivity contribution in [1.82, 2.24) is 4.90 Å². The molecule has 0 aliphatic carbocycles. The van der Waals surface area contributed by atoms with Crippen molar-refractivity contribution >= 4 is 51.4 Å². The average Bonchev–Trinajstić information content (AvgIpc) is 3.20. The van der Waals surface area contributed by atoms with Crippen LogP contribution in [0, 0.1) is 6.92 Å². The molecule has 0 saturated carbocycles. The smallest absolute Gasteiger partial charge is 0.293 e. The lowest BCUT2D eigenvalue weighted by molar-refractivity contribution is -0.123. The van der Waals surface area contributed by atoms with E-state index < -0.39 is 0 Å². The minimum absolute atomic E-state index is 0.198. The number of carbonyl (C=O) groups excluding carboxylic acids is 3. The van der Waals surface area contributed by atoms with Gasteiger partial charge in [0.15, 0.2) is 18.1 Å². The van der Waals surface area contributed by atoms with E-state index in [2.05, 4.69) is 5.32 Å². The van der Waals surface area contributed by atoms with Crippen LogP contribution in [-0.4, -0.2) is 35.7 Å². The number of benzene rings is 4. The Bertz CT molecular complexity index is 1590. The summed E-state index contributed by atoms with van der Waals surface area (Å²) in [5.74, 6) is 0.148. The summed E-state index contributed by atoms with van der Waals surface area (Å²) in [7, 11) is 1.50. The van der Waals surface area contributed by atoms with Crippen molar-refractivity contribution < 1.29 is 23.9 Å². The van der Waals surface area contributed by atoms with E-state index in [-0.39, 0.29) is 30.2 Å². The average molecular weight is 539 g/mol. The summed E-state index contributed by atoms with van der Waals surface area (Å²) in [4.78, 5) is 39.8. The molecule has 1 heterocycles. The molecule has 0 aromatic heterocycles. The van der Waals surface area contributed by atoms with Crippen molar-refractivity contribution in [3.8, 4) is 11.5 Å². The van der Waals surface area contributed by atoms with Crippen LogP contribution >= 0.6 is 11.8 Å². The molecule has 8 heteroatoms. The number of fused-ring (bicyclic) bond motifs is 1. The first kappa shape index (κ1) is 26.1. The highest BCUT2D eigenvalue weighted by Crippen LogP contribution is 2.36. The lowest BCUT2D eigenvalue weighted by atomic mass is 10.0. The monoisotopic (exact) mass is 538 g/mol. The number of anilines is 1. The minimum atomic E-state index is -0.343. The number of hydrogen-bond acceptors (Lipinski definition) is 6. The van der Waals surface area contributed by atoms with Gasteiger partial charge in [0.1, 0.15) is 0 Å². The number of amides is 3. The molecule has 0 spiro atoms. The molecule has 7 nitrogen and oxygen atoms in total. The van der Waals surface area contributed by atoms with Gasteiger partial charge in [0.05, 0.1) is 18.6 Å². The first-order valence-corrected chi connectivity index (χ1v) is 13.1. The quantitative estimate of drug-likeness (QED) is 0.261.